The lowest BCUT2D eigenvalue weighted by Crippen LogP contribution is -2.40. The molecule has 0 saturated heterocycles. The fraction of sp³-hybridized carbons (Fsp3) is 0.812. The molecule has 4 nitrogen and oxygen atoms in total. The molecule has 0 amide bonds. The molecule has 0 unspecified atom stereocenters. The number of likely N-dealkylation sites (N-methyl/N-ethyl adjacent to an activating group) is 1. The first kappa shape index (κ1) is 17.2. The Bertz CT molecular complexity index is 415. The van der Waals surface area contributed by atoms with E-state index in [1.165, 1.54) is 23.4 Å². The molecule has 0 radical (unpaired) electrons. The van der Waals surface area contributed by atoms with Crippen LogP contribution in [0.5, 0.6) is 0 Å². The smallest absolute Gasteiger partial charge is 0.0628 e. The largest absolute Gasteiger partial charge is 0.311 e. The molecule has 0 saturated carbocycles. The minimum absolute atomic E-state index is 0.213. The lowest BCUT2D eigenvalue weighted by atomic mass is 10.1. The quantitative estimate of drug-likeness (QED) is 0.832. The molecule has 0 aromatic carbocycles. The van der Waals surface area contributed by atoms with Crippen molar-refractivity contribution in [1.29, 1.82) is 0 Å². The van der Waals surface area contributed by atoms with Crippen molar-refractivity contribution >= 4 is 0 Å². The Balaban J connectivity index is 2.27. The van der Waals surface area contributed by atoms with E-state index < -0.39 is 0 Å². The van der Waals surface area contributed by atoms with Gasteiger partial charge in [-0.2, -0.15) is 5.10 Å². The standard InChI is InChI=1S/C16H32N4/c1-13-15(14(2)20(7)18-13)9-8-11-19(6)12-10-17-16(3,4)5/h17H,8-12H2,1-7H3. The van der Waals surface area contributed by atoms with Gasteiger partial charge < -0.3 is 10.2 Å². The highest BCUT2D eigenvalue weighted by atomic mass is 15.3. The summed E-state index contributed by atoms with van der Waals surface area (Å²) in [5.41, 5.74) is 4.13. The Hall–Kier alpha value is -0.870. The van der Waals surface area contributed by atoms with Gasteiger partial charge in [-0.1, -0.05) is 0 Å². The topological polar surface area (TPSA) is 33.1 Å². The van der Waals surface area contributed by atoms with E-state index in [9.17, 15) is 0 Å². The second kappa shape index (κ2) is 7.23. The molecular formula is C16H32N4. The van der Waals surface area contributed by atoms with Crippen LogP contribution in [-0.4, -0.2) is 46.9 Å². The van der Waals surface area contributed by atoms with Crippen molar-refractivity contribution in [3.63, 3.8) is 0 Å². The molecule has 0 aliphatic rings. The van der Waals surface area contributed by atoms with Gasteiger partial charge in [0.1, 0.15) is 0 Å². The molecule has 0 atom stereocenters. The van der Waals surface area contributed by atoms with Crippen LogP contribution in [0.25, 0.3) is 0 Å². The van der Waals surface area contributed by atoms with E-state index >= 15 is 0 Å². The van der Waals surface area contributed by atoms with E-state index in [-0.39, 0.29) is 5.54 Å². The Kier molecular flexibility index (Phi) is 6.21. The van der Waals surface area contributed by atoms with Crippen LogP contribution >= 0.6 is 0 Å². The van der Waals surface area contributed by atoms with Crippen molar-refractivity contribution in [1.82, 2.24) is 20.0 Å². The summed E-state index contributed by atoms with van der Waals surface area (Å²) in [6.45, 7) is 14.2. The summed E-state index contributed by atoms with van der Waals surface area (Å²) in [5.74, 6) is 0. The number of aryl methyl sites for hydroxylation is 2. The fourth-order valence-electron chi connectivity index (χ4n) is 2.44. The molecule has 0 fully saturated rings. The van der Waals surface area contributed by atoms with Crippen LogP contribution in [0.3, 0.4) is 0 Å². The van der Waals surface area contributed by atoms with Gasteiger partial charge in [0.2, 0.25) is 0 Å². The summed E-state index contributed by atoms with van der Waals surface area (Å²) in [7, 11) is 4.23. The molecule has 0 aliphatic heterocycles. The lowest BCUT2D eigenvalue weighted by Gasteiger charge is -2.23. The Labute approximate surface area is 124 Å². The number of hydrogen-bond acceptors (Lipinski definition) is 3. The first-order valence-corrected chi connectivity index (χ1v) is 7.63. The van der Waals surface area contributed by atoms with Gasteiger partial charge in [0.05, 0.1) is 5.69 Å². The Morgan fingerprint density at radius 3 is 2.35 bits per heavy atom. The Morgan fingerprint density at radius 1 is 1.20 bits per heavy atom. The lowest BCUT2D eigenvalue weighted by molar-refractivity contribution is 0.306. The van der Waals surface area contributed by atoms with Gasteiger partial charge in [0, 0.05) is 31.4 Å². The van der Waals surface area contributed by atoms with Crippen LogP contribution in [0.2, 0.25) is 0 Å². The molecule has 1 heterocycles. The van der Waals surface area contributed by atoms with Gasteiger partial charge in [-0.3, -0.25) is 4.68 Å². The second-order valence-electron chi connectivity index (χ2n) is 6.86. The zero-order chi connectivity index (χ0) is 15.3. The monoisotopic (exact) mass is 280 g/mol. The molecule has 1 rings (SSSR count). The Morgan fingerprint density at radius 2 is 1.85 bits per heavy atom. The fourth-order valence-corrected chi connectivity index (χ4v) is 2.44. The predicted octanol–water partition coefficient (Wildman–Crippen LogP) is 2.29. The molecule has 0 bridgehead atoms. The van der Waals surface area contributed by atoms with Crippen LogP contribution < -0.4 is 5.32 Å². The zero-order valence-electron chi connectivity index (χ0n) is 14.4. The molecule has 20 heavy (non-hydrogen) atoms. The molecule has 4 heteroatoms. The van der Waals surface area contributed by atoms with Crippen molar-refractivity contribution < 1.29 is 0 Å². The van der Waals surface area contributed by atoms with E-state index in [1.807, 2.05) is 11.7 Å². The van der Waals surface area contributed by atoms with E-state index in [0.717, 1.165) is 26.1 Å². The maximum atomic E-state index is 4.48. The van der Waals surface area contributed by atoms with E-state index in [2.05, 4.69) is 57.0 Å². The SMILES string of the molecule is Cc1nn(C)c(C)c1CCCN(C)CCNC(C)(C)C. The van der Waals surface area contributed by atoms with Crippen LogP contribution in [0, 0.1) is 13.8 Å². The summed E-state index contributed by atoms with van der Waals surface area (Å²) >= 11 is 0. The van der Waals surface area contributed by atoms with E-state index in [4.69, 9.17) is 0 Å². The first-order chi connectivity index (χ1) is 9.20. The second-order valence-corrected chi connectivity index (χ2v) is 6.86. The third-order valence-corrected chi connectivity index (χ3v) is 3.77. The minimum Gasteiger partial charge on any atom is -0.311 e. The number of aromatic nitrogens is 2. The maximum absolute atomic E-state index is 4.48. The van der Waals surface area contributed by atoms with Crippen molar-refractivity contribution in [2.75, 3.05) is 26.7 Å². The molecule has 1 N–H and O–H groups in total. The number of hydrogen-bond donors (Lipinski definition) is 1. The summed E-state index contributed by atoms with van der Waals surface area (Å²) < 4.78 is 1.99. The van der Waals surface area contributed by atoms with Gasteiger partial charge in [-0.05, 0) is 66.6 Å². The van der Waals surface area contributed by atoms with E-state index in [1.54, 1.807) is 0 Å². The average molecular weight is 280 g/mol. The summed E-state index contributed by atoms with van der Waals surface area (Å²) in [4.78, 5) is 2.40. The summed E-state index contributed by atoms with van der Waals surface area (Å²) in [6, 6.07) is 0. The van der Waals surface area contributed by atoms with Crippen molar-refractivity contribution in [3.8, 4) is 0 Å². The van der Waals surface area contributed by atoms with Crippen molar-refractivity contribution in [3.05, 3.63) is 17.0 Å². The predicted molar refractivity (Wildman–Crippen MR) is 86.3 cm³/mol. The molecular weight excluding hydrogens is 248 g/mol. The van der Waals surface area contributed by atoms with Crippen molar-refractivity contribution in [2.45, 2.75) is 53.0 Å². The van der Waals surface area contributed by atoms with Crippen LogP contribution in [0.1, 0.15) is 44.1 Å². The van der Waals surface area contributed by atoms with Crippen LogP contribution in [-0.2, 0) is 13.5 Å². The normalized spacial score (nSPS) is 12.4. The van der Waals surface area contributed by atoms with Gasteiger partial charge >= 0.3 is 0 Å². The first-order valence-electron chi connectivity index (χ1n) is 7.63. The number of nitrogens with zero attached hydrogens (tertiary/aromatic N) is 3. The number of rotatable bonds is 7. The number of nitrogens with one attached hydrogen (secondary N) is 1. The summed E-state index contributed by atoms with van der Waals surface area (Å²) in [5, 5.41) is 8.01. The highest BCUT2D eigenvalue weighted by Gasteiger charge is 2.10. The highest BCUT2D eigenvalue weighted by Crippen LogP contribution is 2.14. The molecule has 116 valence electrons. The van der Waals surface area contributed by atoms with Gasteiger partial charge in [-0.15, -0.1) is 0 Å². The van der Waals surface area contributed by atoms with Crippen LogP contribution in [0.15, 0.2) is 0 Å². The van der Waals surface area contributed by atoms with Gasteiger partial charge in [0.15, 0.2) is 0 Å². The third kappa shape index (κ3) is 5.63. The molecule has 0 aliphatic carbocycles. The average Bonchev–Trinajstić information content (AvgIpc) is 2.54. The maximum Gasteiger partial charge on any atom is 0.0628 e. The highest BCUT2D eigenvalue weighted by molar-refractivity contribution is 5.24. The van der Waals surface area contributed by atoms with Crippen LogP contribution in [0.4, 0.5) is 0 Å². The zero-order valence-corrected chi connectivity index (χ0v) is 14.4. The van der Waals surface area contributed by atoms with Gasteiger partial charge in [-0.25, -0.2) is 0 Å². The molecule has 1 aromatic heterocycles. The molecule has 1 aromatic rings. The third-order valence-electron chi connectivity index (χ3n) is 3.77. The minimum atomic E-state index is 0.213. The van der Waals surface area contributed by atoms with Crippen molar-refractivity contribution in [2.24, 2.45) is 7.05 Å². The van der Waals surface area contributed by atoms with Gasteiger partial charge in [0.25, 0.3) is 0 Å². The van der Waals surface area contributed by atoms with E-state index in [0.29, 0.717) is 0 Å². The molecule has 0 spiro atoms. The summed E-state index contributed by atoms with van der Waals surface area (Å²) in [6.07, 6.45) is 2.32.